The van der Waals surface area contributed by atoms with Gasteiger partial charge in [0.15, 0.2) is 0 Å². The van der Waals surface area contributed by atoms with Crippen LogP contribution < -0.4 is 0 Å². The number of hydrogen-bond acceptors (Lipinski definition) is 6. The Morgan fingerprint density at radius 3 is 1.41 bits per heavy atom. The van der Waals surface area contributed by atoms with Gasteiger partial charge in [0.05, 0.1) is 34.4 Å². The normalized spacial score (nSPS) is 13.8. The number of carbonyl (C=O) groups excluding carboxylic acids is 1. The summed E-state index contributed by atoms with van der Waals surface area (Å²) in [4.78, 5) is 22.9. The number of carbonyl (C=O) groups is 1. The van der Waals surface area contributed by atoms with Gasteiger partial charge in [-0.25, -0.2) is 4.57 Å². The molecule has 0 radical (unpaired) electrons. The van der Waals surface area contributed by atoms with E-state index in [0.717, 1.165) is 38.5 Å². The van der Waals surface area contributed by atoms with Crippen molar-refractivity contribution in [3.63, 3.8) is 0 Å². The van der Waals surface area contributed by atoms with Gasteiger partial charge in [-0.3, -0.25) is 13.8 Å². The summed E-state index contributed by atoms with van der Waals surface area (Å²) in [5.41, 5.74) is 0. The molecule has 0 aliphatic heterocycles. The molecule has 1 N–H and O–H groups in total. The molecule has 0 heterocycles. The maximum atomic E-state index is 12.7. The van der Waals surface area contributed by atoms with Crippen LogP contribution in [0.4, 0.5) is 0 Å². The Balaban J connectivity index is 4.20. The predicted octanol–water partition coefficient (Wildman–Crippen LogP) is 13.4. The number of likely N-dealkylation sites (N-methyl/N-ethyl adjacent to an activating group) is 1. The van der Waals surface area contributed by atoms with Gasteiger partial charge in [-0.05, 0) is 38.5 Å². The predicted molar refractivity (Wildman–Crippen MR) is 229 cm³/mol. The number of phosphoric acid groups is 1. The Kier molecular flexibility index (Phi) is 38.5. The lowest BCUT2D eigenvalue weighted by Crippen LogP contribution is -2.37. The highest BCUT2D eigenvalue weighted by Gasteiger charge is 2.26. The number of rotatable bonds is 43. The Hall–Kier alpha value is -0.760. The minimum absolute atomic E-state index is 0.0903. The first-order valence-electron chi connectivity index (χ1n) is 22.9. The van der Waals surface area contributed by atoms with E-state index in [4.69, 9.17) is 18.5 Å². The summed E-state index contributed by atoms with van der Waals surface area (Å²) in [6.45, 7) is 5.65. The first-order valence-corrected chi connectivity index (χ1v) is 24.4. The highest BCUT2D eigenvalue weighted by Crippen LogP contribution is 2.43. The van der Waals surface area contributed by atoms with Gasteiger partial charge in [0.25, 0.3) is 0 Å². The maximum absolute atomic E-state index is 12.7. The van der Waals surface area contributed by atoms with Crippen LogP contribution in [0.1, 0.15) is 213 Å². The largest absolute Gasteiger partial charge is 0.472 e. The molecule has 54 heavy (non-hydrogen) atoms. The zero-order valence-electron chi connectivity index (χ0n) is 36.5. The minimum atomic E-state index is -4.27. The molecule has 2 atom stereocenters. The molecule has 0 spiro atoms. The van der Waals surface area contributed by atoms with E-state index >= 15 is 0 Å². The van der Waals surface area contributed by atoms with Crippen LogP contribution in [0.25, 0.3) is 0 Å². The molecule has 0 aromatic carbocycles. The van der Waals surface area contributed by atoms with E-state index in [1.165, 1.54) is 154 Å². The summed E-state index contributed by atoms with van der Waals surface area (Å²) in [6.07, 6.45) is 42.4. The van der Waals surface area contributed by atoms with Crippen molar-refractivity contribution in [3.8, 4) is 0 Å². The lowest BCUT2D eigenvalue weighted by Gasteiger charge is -2.24. The SMILES string of the molecule is CCCCCCCCC/C=C\CCCCCCCC(=O)O[C@H](COCCCCCCCCCCCCCCCCCC)COP(=O)(O)OCC[N+](C)(C)C. The molecule has 0 bridgehead atoms. The molecular formula is C45H91NO7P+. The van der Waals surface area contributed by atoms with Crippen LogP contribution in [0.5, 0.6) is 0 Å². The molecule has 0 rings (SSSR count). The molecule has 0 amide bonds. The molecule has 0 saturated heterocycles. The minimum Gasteiger partial charge on any atom is -0.457 e. The second-order valence-electron chi connectivity index (χ2n) is 16.8. The topological polar surface area (TPSA) is 91.3 Å². The lowest BCUT2D eigenvalue weighted by molar-refractivity contribution is -0.870. The molecule has 1 unspecified atom stereocenters. The molecule has 322 valence electrons. The van der Waals surface area contributed by atoms with Gasteiger partial charge in [-0.1, -0.05) is 180 Å². The quantitative estimate of drug-likeness (QED) is 0.0216. The van der Waals surface area contributed by atoms with Gasteiger partial charge in [-0.2, -0.15) is 0 Å². The Morgan fingerprint density at radius 2 is 0.963 bits per heavy atom. The Bertz CT molecular complexity index is 879. The Labute approximate surface area is 335 Å². The zero-order chi connectivity index (χ0) is 39.9. The Morgan fingerprint density at radius 1 is 0.556 bits per heavy atom. The molecule has 0 saturated carbocycles. The average Bonchev–Trinajstić information content (AvgIpc) is 3.12. The van der Waals surface area contributed by atoms with E-state index in [0.29, 0.717) is 24.1 Å². The number of esters is 1. The third-order valence-corrected chi connectivity index (χ3v) is 11.1. The van der Waals surface area contributed by atoms with E-state index in [2.05, 4.69) is 26.0 Å². The smallest absolute Gasteiger partial charge is 0.457 e. The number of phosphoric ester groups is 1. The van der Waals surface area contributed by atoms with Crippen LogP contribution in [0.2, 0.25) is 0 Å². The number of ether oxygens (including phenoxy) is 2. The zero-order valence-corrected chi connectivity index (χ0v) is 37.4. The van der Waals surface area contributed by atoms with Crippen LogP contribution in [-0.4, -0.2) is 75.6 Å². The number of allylic oxidation sites excluding steroid dienone is 2. The van der Waals surface area contributed by atoms with Gasteiger partial charge >= 0.3 is 13.8 Å². The number of unbranched alkanes of at least 4 members (excludes halogenated alkanes) is 27. The third-order valence-electron chi connectivity index (χ3n) is 10.1. The van der Waals surface area contributed by atoms with Crippen molar-refractivity contribution in [2.45, 2.75) is 219 Å². The first kappa shape index (κ1) is 53.2. The van der Waals surface area contributed by atoms with Gasteiger partial charge in [0.1, 0.15) is 19.3 Å². The molecule has 0 aromatic rings. The van der Waals surface area contributed by atoms with Crippen LogP contribution in [0, 0.1) is 0 Å². The monoisotopic (exact) mass is 789 g/mol. The molecule has 0 aromatic heterocycles. The maximum Gasteiger partial charge on any atom is 0.472 e. The van der Waals surface area contributed by atoms with Gasteiger partial charge in [-0.15, -0.1) is 0 Å². The van der Waals surface area contributed by atoms with Crippen molar-refractivity contribution in [2.75, 3.05) is 54.1 Å². The molecule has 0 aliphatic rings. The number of quaternary nitrogens is 1. The molecule has 0 fully saturated rings. The van der Waals surface area contributed by atoms with Crippen molar-refractivity contribution in [1.82, 2.24) is 0 Å². The second kappa shape index (κ2) is 39.1. The summed E-state index contributed by atoms with van der Waals surface area (Å²) >= 11 is 0. The van der Waals surface area contributed by atoms with Gasteiger partial charge < -0.3 is 18.9 Å². The number of nitrogens with zero attached hydrogens (tertiary/aromatic N) is 1. The fraction of sp³-hybridized carbons (Fsp3) is 0.933. The third kappa shape index (κ3) is 42.4. The van der Waals surface area contributed by atoms with Crippen molar-refractivity contribution in [2.24, 2.45) is 0 Å². The molecule has 0 aliphatic carbocycles. The van der Waals surface area contributed by atoms with E-state index in [1.807, 2.05) is 21.1 Å². The summed E-state index contributed by atoms with van der Waals surface area (Å²) in [7, 11) is 1.67. The highest BCUT2D eigenvalue weighted by atomic mass is 31.2. The highest BCUT2D eigenvalue weighted by molar-refractivity contribution is 7.47. The summed E-state index contributed by atoms with van der Waals surface area (Å²) in [5, 5.41) is 0. The van der Waals surface area contributed by atoms with Crippen molar-refractivity contribution in [3.05, 3.63) is 12.2 Å². The van der Waals surface area contributed by atoms with Crippen molar-refractivity contribution >= 4 is 13.8 Å². The fourth-order valence-corrected chi connectivity index (χ4v) is 7.23. The second-order valence-corrected chi connectivity index (χ2v) is 18.2. The van der Waals surface area contributed by atoms with Crippen molar-refractivity contribution < 1.29 is 37.3 Å². The molecular weight excluding hydrogens is 697 g/mol. The van der Waals surface area contributed by atoms with E-state index in [9.17, 15) is 14.3 Å². The first-order chi connectivity index (χ1) is 26.1. The summed E-state index contributed by atoms with van der Waals surface area (Å²) in [5.74, 6) is -0.318. The van der Waals surface area contributed by atoms with Crippen molar-refractivity contribution in [1.29, 1.82) is 0 Å². The average molecular weight is 789 g/mol. The van der Waals surface area contributed by atoms with Crippen LogP contribution in [0.3, 0.4) is 0 Å². The standard InChI is InChI=1S/C45H90NO7P/c1-6-8-10-12-14-16-18-20-22-24-26-28-30-32-34-36-38-45(47)53-44(43-52-54(48,49)51-41-39-46(3,4)5)42-50-40-37-35-33-31-29-27-25-23-21-19-17-15-13-11-9-7-2/h22,24,44H,6-21,23,25-43H2,1-5H3/p+1/b24-22-/t44-/m1/s1. The van der Waals surface area contributed by atoms with E-state index in [-0.39, 0.29) is 25.8 Å². The fourth-order valence-electron chi connectivity index (χ4n) is 6.49. The summed E-state index contributed by atoms with van der Waals surface area (Å²) in [6, 6.07) is 0. The molecule has 9 heteroatoms. The van der Waals surface area contributed by atoms with Gasteiger partial charge in [0.2, 0.25) is 0 Å². The van der Waals surface area contributed by atoms with Crippen LogP contribution in [-0.2, 0) is 27.9 Å². The van der Waals surface area contributed by atoms with Gasteiger partial charge in [0, 0.05) is 13.0 Å². The van der Waals surface area contributed by atoms with Crippen LogP contribution >= 0.6 is 7.82 Å². The number of hydrogen-bond donors (Lipinski definition) is 1. The van der Waals surface area contributed by atoms with Crippen LogP contribution in [0.15, 0.2) is 12.2 Å². The summed E-state index contributed by atoms with van der Waals surface area (Å²) < 4.78 is 35.0. The van der Waals surface area contributed by atoms with E-state index in [1.54, 1.807) is 0 Å². The molecule has 8 nitrogen and oxygen atoms in total. The lowest BCUT2D eigenvalue weighted by atomic mass is 10.0. The van der Waals surface area contributed by atoms with E-state index < -0.39 is 13.9 Å².